The maximum Gasteiger partial charge on any atom is 0.193 e. The monoisotopic (exact) mass is 214 g/mol. The van der Waals surface area contributed by atoms with Gasteiger partial charge in [-0.1, -0.05) is 0 Å². The van der Waals surface area contributed by atoms with Crippen LogP contribution in [0.1, 0.15) is 10.4 Å². The highest BCUT2D eigenvalue weighted by Gasteiger charge is 2.03. The first kappa shape index (κ1) is 10.9. The Balaban J connectivity index is 3.03. The number of hydrogen-bond donors (Lipinski definition) is 0. The van der Waals surface area contributed by atoms with Crippen LogP contribution in [0.5, 0.6) is 0 Å². The lowest BCUT2D eigenvalue weighted by molar-refractivity contribution is 0.107. The Morgan fingerprint density at radius 2 is 1.79 bits per heavy atom. The molecule has 0 fully saturated rings. The third-order valence-electron chi connectivity index (χ3n) is 1.52. The molecule has 1 aromatic rings. The van der Waals surface area contributed by atoms with E-state index in [4.69, 9.17) is 0 Å². The third kappa shape index (κ3) is 3.30. The van der Waals surface area contributed by atoms with E-state index in [1.54, 1.807) is 0 Å². The predicted molar refractivity (Wildman–Crippen MR) is 56.8 cm³/mol. The number of rotatable bonds is 2. The number of hydrogen-bond acceptors (Lipinski definition) is 2. The van der Waals surface area contributed by atoms with Crippen molar-refractivity contribution in [3.05, 3.63) is 35.6 Å². The van der Waals surface area contributed by atoms with Crippen LogP contribution in [0.4, 0.5) is 4.39 Å². The molecule has 0 atom stereocenters. The second-order valence-corrected chi connectivity index (χ2v) is 6.15. The van der Waals surface area contributed by atoms with Crippen molar-refractivity contribution in [3.8, 4) is 0 Å². The molecule has 0 radical (unpaired) electrons. The fourth-order valence-electron chi connectivity index (χ4n) is 0.940. The SMILES string of the molecule is CS(C)(=O)=CC(=O)c1ccc(F)cc1. The Morgan fingerprint density at radius 1 is 1.29 bits per heavy atom. The van der Waals surface area contributed by atoms with Gasteiger partial charge < -0.3 is 0 Å². The number of ketones is 1. The largest absolute Gasteiger partial charge is 0.289 e. The van der Waals surface area contributed by atoms with E-state index in [1.165, 1.54) is 42.1 Å². The summed E-state index contributed by atoms with van der Waals surface area (Å²) >= 11 is 0. The van der Waals surface area contributed by atoms with Crippen LogP contribution < -0.4 is 0 Å². The molecule has 14 heavy (non-hydrogen) atoms. The second-order valence-electron chi connectivity index (χ2n) is 3.30. The van der Waals surface area contributed by atoms with E-state index >= 15 is 0 Å². The van der Waals surface area contributed by atoms with Crippen LogP contribution in [0.25, 0.3) is 0 Å². The van der Waals surface area contributed by atoms with E-state index in [9.17, 15) is 13.4 Å². The number of Topliss-reactive ketones (excluding diaryl/α,β-unsaturated/α-hetero) is 1. The minimum absolute atomic E-state index is 0.333. The maximum absolute atomic E-state index is 12.5. The van der Waals surface area contributed by atoms with Crippen molar-refractivity contribution >= 4 is 20.7 Å². The van der Waals surface area contributed by atoms with Gasteiger partial charge in [-0.25, -0.2) is 4.39 Å². The molecule has 0 aliphatic rings. The van der Waals surface area contributed by atoms with Gasteiger partial charge in [0, 0.05) is 23.4 Å². The van der Waals surface area contributed by atoms with Crippen LogP contribution in [0, 0.1) is 5.82 Å². The zero-order valence-corrected chi connectivity index (χ0v) is 8.81. The minimum atomic E-state index is -2.20. The maximum atomic E-state index is 12.5. The first-order chi connectivity index (χ1) is 6.38. The topological polar surface area (TPSA) is 34.1 Å². The molecule has 0 saturated heterocycles. The van der Waals surface area contributed by atoms with Gasteiger partial charge in [0.25, 0.3) is 0 Å². The Labute approximate surface area is 82.8 Å². The zero-order chi connectivity index (χ0) is 10.8. The van der Waals surface area contributed by atoms with Crippen molar-refractivity contribution in [1.29, 1.82) is 0 Å². The summed E-state index contributed by atoms with van der Waals surface area (Å²) < 4.78 is 23.8. The molecule has 4 heteroatoms. The molecule has 0 aliphatic heterocycles. The normalized spacial score (nSPS) is 11.1. The van der Waals surface area contributed by atoms with Crippen LogP contribution in [-0.2, 0) is 9.52 Å². The summed E-state index contributed by atoms with van der Waals surface area (Å²) in [5, 5.41) is 1.17. The molecule has 0 aliphatic carbocycles. The average molecular weight is 214 g/mol. The first-order valence-corrected chi connectivity index (χ1v) is 6.41. The van der Waals surface area contributed by atoms with E-state index in [-0.39, 0.29) is 5.78 Å². The molecule has 0 N–H and O–H groups in total. The second kappa shape index (κ2) is 3.92. The molecule has 0 heterocycles. The summed E-state index contributed by atoms with van der Waals surface area (Å²) in [5.41, 5.74) is 0.350. The summed E-state index contributed by atoms with van der Waals surface area (Å²) in [6, 6.07) is 5.15. The molecule has 0 spiro atoms. The predicted octanol–water partition coefficient (Wildman–Crippen LogP) is 1.35. The summed E-state index contributed by atoms with van der Waals surface area (Å²) in [6.07, 6.45) is 2.96. The van der Waals surface area contributed by atoms with Gasteiger partial charge in [0.1, 0.15) is 5.82 Å². The quantitative estimate of drug-likeness (QED) is 0.550. The van der Waals surface area contributed by atoms with E-state index in [0.29, 0.717) is 5.56 Å². The summed E-state index contributed by atoms with van der Waals surface area (Å²) in [6.45, 7) is 0. The molecular formula is C10H11FO2S. The van der Waals surface area contributed by atoms with E-state index < -0.39 is 15.3 Å². The molecule has 76 valence electrons. The molecule has 2 nitrogen and oxygen atoms in total. The Hall–Kier alpha value is -1.16. The molecule has 0 amide bonds. The van der Waals surface area contributed by atoms with Crippen molar-refractivity contribution in [2.45, 2.75) is 0 Å². The standard InChI is InChI=1S/C10H11FO2S/c1-14(2,13)7-10(12)8-3-5-9(11)6-4-8/h3-7H,1-2H3. The lowest BCUT2D eigenvalue weighted by Crippen LogP contribution is -2.08. The van der Waals surface area contributed by atoms with Crippen molar-refractivity contribution in [3.63, 3.8) is 0 Å². The zero-order valence-electron chi connectivity index (χ0n) is 7.99. The smallest absolute Gasteiger partial charge is 0.193 e. The van der Waals surface area contributed by atoms with Gasteiger partial charge in [-0.05, 0) is 33.8 Å². The molecule has 1 rings (SSSR count). The van der Waals surface area contributed by atoms with Gasteiger partial charge in [-0.15, -0.1) is 0 Å². The Kier molecular flexibility index (Phi) is 3.06. The fourth-order valence-corrected chi connectivity index (χ4v) is 1.59. The highest BCUT2D eigenvalue weighted by Crippen LogP contribution is 2.02. The van der Waals surface area contributed by atoms with E-state index in [0.717, 1.165) is 0 Å². The van der Waals surface area contributed by atoms with Gasteiger partial charge in [-0.2, -0.15) is 0 Å². The molecule has 1 aromatic carbocycles. The number of carbonyl (C=O) groups excluding carboxylic acids is 1. The van der Waals surface area contributed by atoms with Gasteiger partial charge >= 0.3 is 0 Å². The number of halogens is 1. The summed E-state index contributed by atoms with van der Waals surface area (Å²) in [7, 11) is -2.20. The van der Waals surface area contributed by atoms with Gasteiger partial charge in [-0.3, -0.25) is 9.00 Å². The van der Waals surface area contributed by atoms with E-state index in [2.05, 4.69) is 0 Å². The summed E-state index contributed by atoms with van der Waals surface area (Å²) in [5.74, 6) is -0.727. The van der Waals surface area contributed by atoms with Crippen molar-refractivity contribution in [1.82, 2.24) is 0 Å². The highest BCUT2D eigenvalue weighted by atomic mass is 32.2. The van der Waals surface area contributed by atoms with Crippen LogP contribution in [0.2, 0.25) is 0 Å². The summed E-state index contributed by atoms with van der Waals surface area (Å²) in [4.78, 5) is 11.4. The van der Waals surface area contributed by atoms with Crippen molar-refractivity contribution in [2.75, 3.05) is 12.5 Å². The van der Waals surface area contributed by atoms with Crippen LogP contribution in [-0.4, -0.2) is 27.9 Å². The molecular weight excluding hydrogens is 203 g/mol. The van der Waals surface area contributed by atoms with Gasteiger partial charge in [0.2, 0.25) is 0 Å². The average Bonchev–Trinajstić information content (AvgIpc) is 2.02. The molecule has 0 unspecified atom stereocenters. The minimum Gasteiger partial charge on any atom is -0.289 e. The first-order valence-electron chi connectivity index (χ1n) is 3.97. The van der Waals surface area contributed by atoms with Crippen LogP contribution >= 0.6 is 0 Å². The Bertz CT molecular complexity index is 446. The number of carbonyl (C=O) groups is 1. The van der Waals surface area contributed by atoms with Crippen LogP contribution in [0.3, 0.4) is 0 Å². The third-order valence-corrected chi connectivity index (χ3v) is 2.30. The number of benzene rings is 1. The fraction of sp³-hybridized carbons (Fsp3) is 0.200. The molecule has 0 saturated carbocycles. The lowest BCUT2D eigenvalue weighted by atomic mass is 10.1. The lowest BCUT2D eigenvalue weighted by Gasteiger charge is -1.97. The van der Waals surface area contributed by atoms with E-state index in [1.807, 2.05) is 0 Å². The Morgan fingerprint density at radius 3 is 2.21 bits per heavy atom. The van der Waals surface area contributed by atoms with Crippen molar-refractivity contribution < 1.29 is 13.4 Å². The van der Waals surface area contributed by atoms with Crippen molar-refractivity contribution in [2.24, 2.45) is 0 Å². The van der Waals surface area contributed by atoms with Crippen LogP contribution in [0.15, 0.2) is 24.3 Å². The highest BCUT2D eigenvalue weighted by molar-refractivity contribution is 8.01. The van der Waals surface area contributed by atoms with Gasteiger partial charge in [0.05, 0.1) is 0 Å². The van der Waals surface area contributed by atoms with Gasteiger partial charge in [0.15, 0.2) is 5.78 Å². The molecule has 0 bridgehead atoms. The molecule has 0 aromatic heterocycles.